The fourth-order valence-corrected chi connectivity index (χ4v) is 9.15. The molecule has 198 valence electrons. The van der Waals surface area contributed by atoms with E-state index < -0.39 is 69.0 Å². The predicted octanol–water partition coefficient (Wildman–Crippen LogP) is 4.30. The molecule has 0 unspecified atom stereocenters. The SMILES string of the molecule is C[C@]12C=CC(=O)C=C1[C@@H](F)C[C@H]1[C@@H]3C[C@H]4CN(c5cccnc5)O[C@@]4(C(=O)SCF)[C@@]3(C)C[C@H](O)[C@@]12F. The van der Waals surface area contributed by atoms with E-state index in [1.165, 1.54) is 12.2 Å². The first-order valence-corrected chi connectivity index (χ1v) is 13.6. The van der Waals surface area contributed by atoms with Gasteiger partial charge in [0.25, 0.3) is 0 Å². The molecule has 0 spiro atoms. The third-order valence-electron chi connectivity index (χ3n) is 10.0. The quantitative estimate of drug-likeness (QED) is 0.619. The van der Waals surface area contributed by atoms with Gasteiger partial charge in [0.1, 0.15) is 12.2 Å². The van der Waals surface area contributed by atoms with Gasteiger partial charge in [0.15, 0.2) is 17.1 Å². The van der Waals surface area contributed by atoms with E-state index in [0.717, 1.165) is 6.08 Å². The Bertz CT molecular complexity index is 1220. The van der Waals surface area contributed by atoms with Crippen molar-refractivity contribution in [2.24, 2.45) is 28.6 Å². The van der Waals surface area contributed by atoms with Crippen LogP contribution in [0.3, 0.4) is 0 Å². The maximum atomic E-state index is 17.4. The molecular formula is C27H29F3N2O4S. The molecule has 0 amide bonds. The molecule has 1 N–H and O–H groups in total. The van der Waals surface area contributed by atoms with Crippen molar-refractivity contribution in [3.05, 3.63) is 48.3 Å². The standard InChI is InChI=1S/C27H29F3N2O4S/c1-24-6-5-17(33)9-20(24)21(29)10-19-18-8-15-13-32(16-4-3-7-31-12-16)36-27(15,23(35)37-14-28)25(18,2)11-22(34)26(19,24)30/h3-7,9,12,15,18-19,21-22,34H,8,10-11,13-14H2,1-2H3/t15-,18-,19-,21-,22-,24-,25-,26-,27-/m0/s1. The highest BCUT2D eigenvalue weighted by molar-refractivity contribution is 8.13. The van der Waals surface area contributed by atoms with Crippen molar-refractivity contribution in [2.45, 2.75) is 56.7 Å². The normalized spacial score (nSPS) is 46.1. The van der Waals surface area contributed by atoms with E-state index in [0.29, 0.717) is 30.4 Å². The van der Waals surface area contributed by atoms with Gasteiger partial charge in [-0.05, 0) is 62.0 Å². The first kappa shape index (κ1) is 25.1. The van der Waals surface area contributed by atoms with Crippen LogP contribution < -0.4 is 5.06 Å². The van der Waals surface area contributed by atoms with Gasteiger partial charge in [-0.15, -0.1) is 0 Å². The van der Waals surface area contributed by atoms with Crippen LogP contribution >= 0.6 is 11.8 Å². The van der Waals surface area contributed by atoms with E-state index in [1.54, 1.807) is 43.4 Å². The Morgan fingerprint density at radius 3 is 2.81 bits per heavy atom. The summed E-state index contributed by atoms with van der Waals surface area (Å²) in [6.07, 6.45) is 3.90. The molecule has 0 bridgehead atoms. The number of aromatic nitrogens is 1. The first-order chi connectivity index (χ1) is 17.5. The molecule has 1 aromatic heterocycles. The van der Waals surface area contributed by atoms with Gasteiger partial charge in [0.2, 0.25) is 5.12 Å². The number of fused-ring (bicyclic) bond motifs is 7. The highest BCUT2D eigenvalue weighted by Crippen LogP contribution is 2.73. The lowest BCUT2D eigenvalue weighted by molar-refractivity contribution is -0.225. The maximum Gasteiger partial charge on any atom is 0.226 e. The molecule has 1 aromatic rings. The summed E-state index contributed by atoms with van der Waals surface area (Å²) in [7, 11) is 0. The Morgan fingerprint density at radius 2 is 2.11 bits per heavy atom. The Kier molecular flexibility index (Phi) is 5.54. The lowest BCUT2D eigenvalue weighted by atomic mass is 9.44. The summed E-state index contributed by atoms with van der Waals surface area (Å²) in [5.41, 5.74) is -5.67. The molecule has 37 heavy (non-hydrogen) atoms. The molecular weight excluding hydrogens is 505 g/mol. The summed E-state index contributed by atoms with van der Waals surface area (Å²) in [6.45, 7) is 3.64. The molecule has 10 heteroatoms. The number of aliphatic hydroxyl groups is 1. The molecule has 4 aliphatic carbocycles. The largest absolute Gasteiger partial charge is 0.390 e. The molecule has 6 nitrogen and oxygen atoms in total. The van der Waals surface area contributed by atoms with Gasteiger partial charge in [-0.2, -0.15) is 0 Å². The summed E-state index contributed by atoms with van der Waals surface area (Å²) < 4.78 is 46.6. The number of aliphatic hydroxyl groups excluding tert-OH is 1. The second kappa shape index (κ2) is 8.16. The fraction of sp³-hybridized carbons (Fsp3) is 0.593. The third kappa shape index (κ3) is 3.00. The number of hydroxylamine groups is 1. The van der Waals surface area contributed by atoms with E-state index in [-0.39, 0.29) is 18.4 Å². The van der Waals surface area contributed by atoms with Crippen LogP contribution in [0, 0.1) is 28.6 Å². The fourth-order valence-electron chi connectivity index (χ4n) is 8.40. The van der Waals surface area contributed by atoms with Crippen LogP contribution in [0.25, 0.3) is 0 Å². The van der Waals surface area contributed by atoms with Gasteiger partial charge >= 0.3 is 0 Å². The van der Waals surface area contributed by atoms with E-state index in [4.69, 9.17) is 4.84 Å². The number of thioether (sulfide) groups is 1. The number of hydrogen-bond donors (Lipinski definition) is 1. The third-order valence-corrected chi connectivity index (χ3v) is 10.7. The van der Waals surface area contributed by atoms with Crippen molar-refractivity contribution >= 4 is 28.3 Å². The zero-order valence-electron chi connectivity index (χ0n) is 20.6. The number of carbonyl (C=O) groups excluding carboxylic acids is 2. The van der Waals surface area contributed by atoms with Crippen LogP contribution in [0.5, 0.6) is 0 Å². The Hall–Kier alpha value is -2.17. The van der Waals surface area contributed by atoms with Gasteiger partial charge in [0, 0.05) is 28.9 Å². The number of halogens is 3. The van der Waals surface area contributed by atoms with Crippen molar-refractivity contribution in [1.29, 1.82) is 0 Å². The number of ketones is 1. The lowest BCUT2D eigenvalue weighted by Gasteiger charge is -2.63. The first-order valence-electron chi connectivity index (χ1n) is 12.6. The number of anilines is 1. The Morgan fingerprint density at radius 1 is 1.32 bits per heavy atom. The zero-order valence-corrected chi connectivity index (χ0v) is 21.4. The number of carbonyl (C=O) groups is 2. The number of nitrogens with zero attached hydrogens (tertiary/aromatic N) is 2. The summed E-state index contributed by atoms with van der Waals surface area (Å²) in [5.74, 6) is -2.26. The molecule has 1 aliphatic heterocycles. The van der Waals surface area contributed by atoms with Crippen molar-refractivity contribution < 1.29 is 32.7 Å². The van der Waals surface area contributed by atoms with Crippen molar-refractivity contribution in [3.8, 4) is 0 Å². The van der Waals surface area contributed by atoms with Crippen molar-refractivity contribution in [1.82, 2.24) is 4.98 Å². The van der Waals surface area contributed by atoms with E-state index in [1.807, 2.05) is 0 Å². The topological polar surface area (TPSA) is 79.7 Å². The molecule has 0 aromatic carbocycles. The number of pyridine rings is 1. The predicted molar refractivity (Wildman–Crippen MR) is 131 cm³/mol. The molecule has 2 heterocycles. The van der Waals surface area contributed by atoms with Crippen LogP contribution in [-0.2, 0) is 14.4 Å². The number of rotatable bonds is 3. The number of hydrogen-bond acceptors (Lipinski definition) is 7. The minimum absolute atomic E-state index is 0.0531. The minimum Gasteiger partial charge on any atom is -0.390 e. The average Bonchev–Trinajstić information content (AvgIpc) is 3.37. The molecule has 4 fully saturated rings. The zero-order chi connectivity index (χ0) is 26.4. The van der Waals surface area contributed by atoms with Crippen LogP contribution in [0.1, 0.15) is 33.1 Å². The van der Waals surface area contributed by atoms with Crippen molar-refractivity contribution in [3.63, 3.8) is 0 Å². The van der Waals surface area contributed by atoms with Crippen molar-refractivity contribution in [2.75, 3.05) is 17.6 Å². The second-order valence-corrected chi connectivity index (χ2v) is 12.3. The number of alkyl halides is 3. The Labute approximate surface area is 217 Å². The van der Waals surface area contributed by atoms with E-state index in [9.17, 15) is 19.1 Å². The average molecular weight is 535 g/mol. The number of allylic oxidation sites excluding steroid dienone is 4. The minimum atomic E-state index is -2.25. The summed E-state index contributed by atoms with van der Waals surface area (Å²) in [5, 5.41) is 12.6. The van der Waals surface area contributed by atoms with Gasteiger partial charge in [-0.3, -0.25) is 24.5 Å². The van der Waals surface area contributed by atoms with Crippen LogP contribution in [0.15, 0.2) is 48.3 Å². The van der Waals surface area contributed by atoms with Crippen LogP contribution in [0.4, 0.5) is 18.9 Å². The molecule has 9 atom stereocenters. The Balaban J connectivity index is 1.45. The van der Waals surface area contributed by atoms with Gasteiger partial charge in [-0.1, -0.05) is 24.8 Å². The van der Waals surface area contributed by atoms with E-state index >= 15 is 8.78 Å². The summed E-state index contributed by atoms with van der Waals surface area (Å²) >= 11 is 0.515. The molecule has 1 saturated heterocycles. The smallest absolute Gasteiger partial charge is 0.226 e. The highest BCUT2D eigenvalue weighted by atomic mass is 32.2. The lowest BCUT2D eigenvalue weighted by Crippen LogP contribution is -2.70. The summed E-state index contributed by atoms with van der Waals surface area (Å²) in [6, 6.07) is 2.58. The highest BCUT2D eigenvalue weighted by Gasteiger charge is 2.79. The van der Waals surface area contributed by atoms with E-state index in [2.05, 4.69) is 4.98 Å². The van der Waals surface area contributed by atoms with Gasteiger partial charge < -0.3 is 5.11 Å². The summed E-state index contributed by atoms with van der Waals surface area (Å²) in [4.78, 5) is 36.3. The molecule has 6 rings (SSSR count). The van der Waals surface area contributed by atoms with Crippen LogP contribution in [-0.4, -0.2) is 57.1 Å². The second-order valence-electron chi connectivity index (χ2n) is 11.4. The van der Waals surface area contributed by atoms with Gasteiger partial charge in [0.05, 0.1) is 24.5 Å². The monoisotopic (exact) mass is 534 g/mol. The molecule has 5 aliphatic rings. The molecule has 3 saturated carbocycles. The maximum absolute atomic E-state index is 17.4. The van der Waals surface area contributed by atoms with Gasteiger partial charge in [-0.25, -0.2) is 13.2 Å². The molecule has 0 radical (unpaired) electrons. The van der Waals surface area contributed by atoms with Crippen LogP contribution in [0.2, 0.25) is 0 Å².